The van der Waals surface area contributed by atoms with E-state index in [1.165, 1.54) is 6.08 Å². The average Bonchev–Trinajstić information content (AvgIpc) is 2.55. The number of para-hydroxylation sites is 1. The minimum Gasteiger partial charge on any atom is -0.445 e. The van der Waals surface area contributed by atoms with Gasteiger partial charge in [0.15, 0.2) is 0 Å². The maximum absolute atomic E-state index is 12.3. The second-order valence-electron chi connectivity index (χ2n) is 4.87. The van der Waals surface area contributed by atoms with Crippen molar-refractivity contribution < 1.29 is 14.3 Å². The number of hydrogen-bond acceptors (Lipinski definition) is 4. The molecule has 1 aromatic carbocycles. The summed E-state index contributed by atoms with van der Waals surface area (Å²) in [5, 5.41) is 2.58. The molecule has 0 aliphatic heterocycles. The molecular weight excluding hydrogens is 282 g/mol. The van der Waals surface area contributed by atoms with Gasteiger partial charge in [0.1, 0.15) is 12.6 Å². The molecule has 0 saturated carbocycles. The molecule has 2 amide bonds. The average molecular weight is 305 g/mol. The van der Waals surface area contributed by atoms with Crippen molar-refractivity contribution in [3.63, 3.8) is 0 Å². The van der Waals surface area contributed by atoms with E-state index in [1.807, 2.05) is 44.2 Å². The lowest BCUT2D eigenvalue weighted by atomic mass is 9.99. The molecule has 0 aliphatic rings. The SMILES string of the molecule is C=CCOC(=O)NC(C(=O)NNc1ccccc1)C(C)CC. The molecule has 0 spiro atoms. The van der Waals surface area contributed by atoms with E-state index in [-0.39, 0.29) is 18.4 Å². The normalized spacial score (nSPS) is 12.6. The molecule has 0 heterocycles. The van der Waals surface area contributed by atoms with Gasteiger partial charge in [-0.1, -0.05) is 51.1 Å². The molecule has 0 fully saturated rings. The number of benzene rings is 1. The number of hydrogen-bond donors (Lipinski definition) is 3. The van der Waals surface area contributed by atoms with Crippen molar-refractivity contribution in [1.29, 1.82) is 0 Å². The Morgan fingerprint density at radius 3 is 2.59 bits per heavy atom. The molecule has 2 unspecified atom stereocenters. The lowest BCUT2D eigenvalue weighted by Gasteiger charge is -2.23. The minimum atomic E-state index is -0.682. The van der Waals surface area contributed by atoms with Crippen molar-refractivity contribution >= 4 is 17.7 Å². The van der Waals surface area contributed by atoms with Crippen molar-refractivity contribution in [2.45, 2.75) is 26.3 Å². The van der Waals surface area contributed by atoms with Gasteiger partial charge >= 0.3 is 6.09 Å². The van der Waals surface area contributed by atoms with E-state index < -0.39 is 12.1 Å². The summed E-state index contributed by atoms with van der Waals surface area (Å²) < 4.78 is 4.86. The van der Waals surface area contributed by atoms with Gasteiger partial charge in [-0.3, -0.25) is 15.6 Å². The molecule has 0 aliphatic carbocycles. The number of anilines is 1. The number of ether oxygens (including phenoxy) is 1. The Labute approximate surface area is 130 Å². The molecule has 1 rings (SSSR count). The van der Waals surface area contributed by atoms with E-state index in [1.54, 1.807) is 0 Å². The maximum atomic E-state index is 12.3. The second kappa shape index (κ2) is 9.44. The highest BCUT2D eigenvalue weighted by Crippen LogP contribution is 2.09. The molecule has 22 heavy (non-hydrogen) atoms. The Balaban J connectivity index is 2.60. The Bertz CT molecular complexity index is 491. The van der Waals surface area contributed by atoms with E-state index in [0.29, 0.717) is 0 Å². The van der Waals surface area contributed by atoms with Crippen molar-refractivity contribution in [2.24, 2.45) is 5.92 Å². The number of hydrazine groups is 1. The van der Waals surface area contributed by atoms with E-state index in [4.69, 9.17) is 4.74 Å². The number of alkyl carbamates (subject to hydrolysis) is 1. The molecule has 120 valence electrons. The predicted octanol–water partition coefficient (Wildman–Crippen LogP) is 2.46. The lowest BCUT2D eigenvalue weighted by molar-refractivity contribution is -0.123. The van der Waals surface area contributed by atoms with Crippen molar-refractivity contribution in [1.82, 2.24) is 10.7 Å². The van der Waals surface area contributed by atoms with Gasteiger partial charge in [0.05, 0.1) is 5.69 Å². The zero-order valence-electron chi connectivity index (χ0n) is 13.0. The Hall–Kier alpha value is -2.50. The molecule has 0 radical (unpaired) electrons. The van der Waals surface area contributed by atoms with Crippen molar-refractivity contribution in [2.75, 3.05) is 12.0 Å². The van der Waals surface area contributed by atoms with Crippen LogP contribution in [0.1, 0.15) is 20.3 Å². The first-order chi connectivity index (χ1) is 10.6. The van der Waals surface area contributed by atoms with Gasteiger partial charge in [-0.25, -0.2) is 4.79 Å². The second-order valence-corrected chi connectivity index (χ2v) is 4.87. The van der Waals surface area contributed by atoms with Crippen LogP contribution in [0.4, 0.5) is 10.5 Å². The quantitative estimate of drug-likeness (QED) is 0.509. The molecular formula is C16H23N3O3. The molecule has 0 bridgehead atoms. The first-order valence-electron chi connectivity index (χ1n) is 7.23. The van der Waals surface area contributed by atoms with Crippen molar-refractivity contribution in [3.05, 3.63) is 43.0 Å². The molecule has 6 nitrogen and oxygen atoms in total. The molecule has 3 N–H and O–H groups in total. The molecule has 0 saturated heterocycles. The summed E-state index contributed by atoms with van der Waals surface area (Å²) in [4.78, 5) is 23.9. The van der Waals surface area contributed by atoms with E-state index >= 15 is 0 Å². The van der Waals surface area contributed by atoms with E-state index in [0.717, 1.165) is 12.1 Å². The zero-order chi connectivity index (χ0) is 16.4. The van der Waals surface area contributed by atoms with Crippen LogP contribution >= 0.6 is 0 Å². The topological polar surface area (TPSA) is 79.5 Å². The summed E-state index contributed by atoms with van der Waals surface area (Å²) in [5.41, 5.74) is 6.17. The number of carbonyl (C=O) groups excluding carboxylic acids is 2. The van der Waals surface area contributed by atoms with Crippen LogP contribution in [0.2, 0.25) is 0 Å². The van der Waals surface area contributed by atoms with Crippen LogP contribution in [0.15, 0.2) is 43.0 Å². The Morgan fingerprint density at radius 1 is 1.32 bits per heavy atom. The van der Waals surface area contributed by atoms with Gasteiger partial charge in [-0.2, -0.15) is 0 Å². The Morgan fingerprint density at radius 2 is 2.00 bits per heavy atom. The van der Waals surface area contributed by atoms with E-state index in [9.17, 15) is 9.59 Å². The number of carbonyl (C=O) groups is 2. The van der Waals surface area contributed by atoms with Crippen LogP contribution < -0.4 is 16.2 Å². The maximum Gasteiger partial charge on any atom is 0.408 e. The van der Waals surface area contributed by atoms with Gasteiger partial charge in [-0.05, 0) is 18.1 Å². The molecule has 1 aromatic rings. The third-order valence-electron chi connectivity index (χ3n) is 3.20. The highest BCUT2D eigenvalue weighted by molar-refractivity contribution is 5.86. The zero-order valence-corrected chi connectivity index (χ0v) is 13.0. The fraction of sp³-hybridized carbons (Fsp3) is 0.375. The summed E-state index contributed by atoms with van der Waals surface area (Å²) in [7, 11) is 0. The van der Waals surface area contributed by atoms with Crippen LogP contribution in [-0.4, -0.2) is 24.6 Å². The molecule has 6 heteroatoms. The van der Waals surface area contributed by atoms with Crippen LogP contribution in [0.5, 0.6) is 0 Å². The highest BCUT2D eigenvalue weighted by atomic mass is 16.5. The summed E-state index contributed by atoms with van der Waals surface area (Å²) in [6, 6.07) is 8.55. The summed E-state index contributed by atoms with van der Waals surface area (Å²) in [5.74, 6) is -0.359. The first kappa shape index (κ1) is 17.6. The lowest BCUT2D eigenvalue weighted by Crippen LogP contribution is -2.51. The number of nitrogens with one attached hydrogen (secondary N) is 3. The molecule has 2 atom stereocenters. The summed E-state index contributed by atoms with van der Waals surface area (Å²) >= 11 is 0. The largest absolute Gasteiger partial charge is 0.445 e. The third-order valence-corrected chi connectivity index (χ3v) is 3.20. The van der Waals surface area contributed by atoms with Crippen LogP contribution in [0.3, 0.4) is 0 Å². The minimum absolute atomic E-state index is 0.0335. The first-order valence-corrected chi connectivity index (χ1v) is 7.23. The number of rotatable bonds is 8. The monoisotopic (exact) mass is 305 g/mol. The van der Waals surface area contributed by atoms with E-state index in [2.05, 4.69) is 22.7 Å². The van der Waals surface area contributed by atoms with Crippen LogP contribution in [-0.2, 0) is 9.53 Å². The fourth-order valence-corrected chi connectivity index (χ4v) is 1.74. The van der Waals surface area contributed by atoms with Gasteiger partial charge in [0.25, 0.3) is 5.91 Å². The highest BCUT2D eigenvalue weighted by Gasteiger charge is 2.26. The van der Waals surface area contributed by atoms with Crippen LogP contribution in [0.25, 0.3) is 0 Å². The van der Waals surface area contributed by atoms with Crippen LogP contribution in [0, 0.1) is 5.92 Å². The fourth-order valence-electron chi connectivity index (χ4n) is 1.74. The smallest absolute Gasteiger partial charge is 0.408 e. The number of amides is 2. The van der Waals surface area contributed by atoms with Gasteiger partial charge in [0.2, 0.25) is 0 Å². The van der Waals surface area contributed by atoms with Gasteiger partial charge in [0, 0.05) is 0 Å². The third kappa shape index (κ3) is 5.87. The van der Waals surface area contributed by atoms with Gasteiger partial charge in [-0.15, -0.1) is 0 Å². The summed E-state index contributed by atoms with van der Waals surface area (Å²) in [6.45, 7) is 7.41. The summed E-state index contributed by atoms with van der Waals surface area (Å²) in [6.07, 6.45) is 1.57. The Kier molecular flexibility index (Phi) is 7.53. The molecule has 0 aromatic heterocycles. The predicted molar refractivity (Wildman–Crippen MR) is 86.1 cm³/mol. The standard InChI is InChI=1S/C16H23N3O3/c1-4-11-22-16(21)17-14(12(3)5-2)15(20)19-18-13-9-7-6-8-10-13/h4,6-10,12,14,18H,1,5,11H2,2-3H3,(H,17,21)(H,19,20). The van der Waals surface area contributed by atoms with Crippen molar-refractivity contribution in [3.8, 4) is 0 Å². The van der Waals surface area contributed by atoms with Gasteiger partial charge < -0.3 is 10.1 Å².